The summed E-state index contributed by atoms with van der Waals surface area (Å²) in [7, 11) is 0. The van der Waals surface area contributed by atoms with E-state index in [0.29, 0.717) is 13.2 Å². The highest BCUT2D eigenvalue weighted by Gasteiger charge is 2.55. The SMILES string of the molecule is C[C@@]12CCC[C@@H](O)[C@H]1[C@](CO)(COCc1ccccc1)CCC2. The summed E-state index contributed by atoms with van der Waals surface area (Å²) in [4.78, 5) is 0. The molecule has 128 valence electrons. The van der Waals surface area contributed by atoms with Crippen LogP contribution in [0.4, 0.5) is 0 Å². The van der Waals surface area contributed by atoms with Crippen molar-refractivity contribution in [3.05, 3.63) is 35.9 Å². The van der Waals surface area contributed by atoms with Crippen LogP contribution in [0, 0.1) is 16.7 Å². The molecule has 2 aliphatic rings. The van der Waals surface area contributed by atoms with Gasteiger partial charge in [-0.25, -0.2) is 0 Å². The fourth-order valence-corrected chi connectivity index (χ4v) is 5.26. The van der Waals surface area contributed by atoms with E-state index in [1.165, 1.54) is 0 Å². The third-order valence-electron chi connectivity index (χ3n) is 6.28. The average Bonchev–Trinajstić information content (AvgIpc) is 2.55. The predicted molar refractivity (Wildman–Crippen MR) is 90.9 cm³/mol. The molecule has 2 fully saturated rings. The maximum Gasteiger partial charge on any atom is 0.0717 e. The molecule has 0 aromatic heterocycles. The minimum absolute atomic E-state index is 0.110. The Morgan fingerprint density at radius 1 is 1.13 bits per heavy atom. The maximum atomic E-state index is 10.7. The summed E-state index contributed by atoms with van der Waals surface area (Å²) in [6, 6.07) is 10.2. The zero-order valence-corrected chi connectivity index (χ0v) is 14.2. The molecule has 0 saturated heterocycles. The van der Waals surface area contributed by atoms with Crippen molar-refractivity contribution in [3.63, 3.8) is 0 Å². The van der Waals surface area contributed by atoms with Crippen LogP contribution in [-0.4, -0.2) is 29.5 Å². The molecule has 0 bridgehead atoms. The van der Waals surface area contributed by atoms with E-state index in [2.05, 4.69) is 19.1 Å². The zero-order chi connectivity index (χ0) is 16.3. The van der Waals surface area contributed by atoms with E-state index < -0.39 is 0 Å². The Labute approximate surface area is 139 Å². The third-order valence-corrected chi connectivity index (χ3v) is 6.28. The summed E-state index contributed by atoms with van der Waals surface area (Å²) in [5.41, 5.74) is 1.01. The molecule has 3 rings (SSSR count). The van der Waals surface area contributed by atoms with Gasteiger partial charge in [0.1, 0.15) is 0 Å². The number of fused-ring (bicyclic) bond motifs is 1. The van der Waals surface area contributed by atoms with E-state index in [0.717, 1.165) is 44.1 Å². The van der Waals surface area contributed by atoms with Crippen molar-refractivity contribution in [3.8, 4) is 0 Å². The molecule has 0 aliphatic heterocycles. The molecule has 2 saturated carbocycles. The van der Waals surface area contributed by atoms with Gasteiger partial charge in [-0.1, -0.05) is 50.1 Å². The number of hydrogen-bond acceptors (Lipinski definition) is 3. The van der Waals surface area contributed by atoms with Gasteiger partial charge in [0, 0.05) is 11.3 Å². The van der Waals surface area contributed by atoms with Crippen LogP contribution in [-0.2, 0) is 11.3 Å². The predicted octanol–water partition coefficient (Wildman–Crippen LogP) is 3.53. The highest BCUT2D eigenvalue weighted by Crippen LogP contribution is 2.57. The quantitative estimate of drug-likeness (QED) is 0.873. The number of rotatable bonds is 5. The van der Waals surface area contributed by atoms with Crippen LogP contribution in [0.5, 0.6) is 0 Å². The lowest BCUT2D eigenvalue weighted by atomic mass is 9.50. The van der Waals surface area contributed by atoms with Gasteiger partial charge in [0.05, 0.1) is 25.9 Å². The van der Waals surface area contributed by atoms with Crippen molar-refractivity contribution < 1.29 is 14.9 Å². The first-order chi connectivity index (χ1) is 11.1. The second-order valence-corrected chi connectivity index (χ2v) is 7.94. The van der Waals surface area contributed by atoms with Crippen LogP contribution in [0.2, 0.25) is 0 Å². The van der Waals surface area contributed by atoms with Crippen LogP contribution in [0.1, 0.15) is 51.0 Å². The highest BCUT2D eigenvalue weighted by molar-refractivity contribution is 5.13. The lowest BCUT2D eigenvalue weighted by Gasteiger charge is -2.57. The minimum Gasteiger partial charge on any atom is -0.396 e. The van der Waals surface area contributed by atoms with Gasteiger partial charge in [0.2, 0.25) is 0 Å². The van der Waals surface area contributed by atoms with E-state index in [1.54, 1.807) is 0 Å². The summed E-state index contributed by atoms with van der Waals surface area (Å²) >= 11 is 0. The van der Waals surface area contributed by atoms with Crippen molar-refractivity contribution in [2.24, 2.45) is 16.7 Å². The van der Waals surface area contributed by atoms with Crippen LogP contribution in [0.25, 0.3) is 0 Å². The van der Waals surface area contributed by atoms with Crippen LogP contribution in [0.15, 0.2) is 30.3 Å². The number of hydrogen-bond donors (Lipinski definition) is 2. The maximum absolute atomic E-state index is 10.7. The van der Waals surface area contributed by atoms with Gasteiger partial charge >= 0.3 is 0 Å². The summed E-state index contributed by atoms with van der Waals surface area (Å²) in [6.07, 6.45) is 6.05. The lowest BCUT2D eigenvalue weighted by Crippen LogP contribution is -2.56. The normalized spacial score (nSPS) is 37.3. The zero-order valence-electron chi connectivity index (χ0n) is 14.2. The summed E-state index contributed by atoms with van der Waals surface area (Å²) < 4.78 is 6.02. The molecule has 23 heavy (non-hydrogen) atoms. The number of benzene rings is 1. The standard InChI is InChI=1S/C20H30O3/c1-19-10-5-9-17(22)18(19)20(14-21,12-6-11-19)15-23-13-16-7-3-2-4-8-16/h2-4,7-8,17-18,21-22H,5-6,9-15H2,1H3/t17-,18-,19+,20-/m1/s1. The largest absolute Gasteiger partial charge is 0.396 e. The van der Waals surface area contributed by atoms with Crippen molar-refractivity contribution in [2.45, 2.75) is 58.2 Å². The highest BCUT2D eigenvalue weighted by atomic mass is 16.5. The molecule has 1 aromatic carbocycles. The second-order valence-electron chi connectivity index (χ2n) is 7.94. The Balaban J connectivity index is 1.72. The molecule has 2 N–H and O–H groups in total. The molecule has 3 nitrogen and oxygen atoms in total. The van der Waals surface area contributed by atoms with Crippen molar-refractivity contribution in [1.82, 2.24) is 0 Å². The first-order valence-electron chi connectivity index (χ1n) is 9.00. The van der Waals surface area contributed by atoms with Gasteiger partial charge in [0.25, 0.3) is 0 Å². The summed E-state index contributed by atoms with van der Waals surface area (Å²) in [6.45, 7) is 3.53. The first kappa shape index (κ1) is 16.9. The second kappa shape index (κ2) is 6.92. The van der Waals surface area contributed by atoms with Crippen molar-refractivity contribution >= 4 is 0 Å². The Morgan fingerprint density at radius 3 is 2.61 bits per heavy atom. The van der Waals surface area contributed by atoms with Crippen LogP contribution >= 0.6 is 0 Å². The van der Waals surface area contributed by atoms with E-state index in [1.807, 2.05) is 18.2 Å². The molecule has 1 aromatic rings. The van der Waals surface area contributed by atoms with E-state index >= 15 is 0 Å². The molecule has 0 heterocycles. The van der Waals surface area contributed by atoms with Gasteiger partial charge in [-0.15, -0.1) is 0 Å². The molecular formula is C20H30O3. The van der Waals surface area contributed by atoms with Crippen molar-refractivity contribution in [2.75, 3.05) is 13.2 Å². The summed E-state index contributed by atoms with van der Waals surface area (Å²) in [5, 5.41) is 20.9. The topological polar surface area (TPSA) is 49.7 Å². The molecule has 2 aliphatic carbocycles. The van der Waals surface area contributed by atoms with Gasteiger partial charge in [-0.05, 0) is 36.7 Å². The number of ether oxygens (including phenoxy) is 1. The fourth-order valence-electron chi connectivity index (χ4n) is 5.26. The monoisotopic (exact) mass is 318 g/mol. The van der Waals surface area contributed by atoms with Gasteiger partial charge < -0.3 is 14.9 Å². The van der Waals surface area contributed by atoms with Gasteiger partial charge in [-0.2, -0.15) is 0 Å². The molecule has 0 spiro atoms. The van der Waals surface area contributed by atoms with Gasteiger partial charge in [-0.3, -0.25) is 0 Å². The van der Waals surface area contributed by atoms with Gasteiger partial charge in [0.15, 0.2) is 0 Å². The Bertz CT molecular complexity index is 499. The lowest BCUT2D eigenvalue weighted by molar-refractivity contribution is -0.166. The Kier molecular flexibility index (Phi) is 5.10. The van der Waals surface area contributed by atoms with Crippen molar-refractivity contribution in [1.29, 1.82) is 0 Å². The molecule has 0 radical (unpaired) electrons. The molecular weight excluding hydrogens is 288 g/mol. The smallest absolute Gasteiger partial charge is 0.0717 e. The van der Waals surface area contributed by atoms with E-state index in [9.17, 15) is 10.2 Å². The van der Waals surface area contributed by atoms with Crippen LogP contribution < -0.4 is 0 Å². The third kappa shape index (κ3) is 3.33. The Hall–Kier alpha value is -0.900. The summed E-state index contributed by atoms with van der Waals surface area (Å²) in [5.74, 6) is 0.151. The van der Waals surface area contributed by atoms with Crippen LogP contribution in [0.3, 0.4) is 0 Å². The fraction of sp³-hybridized carbons (Fsp3) is 0.700. The first-order valence-corrected chi connectivity index (χ1v) is 9.00. The molecule has 0 amide bonds. The molecule has 4 atom stereocenters. The molecule has 3 heteroatoms. The Morgan fingerprint density at radius 2 is 1.87 bits per heavy atom. The average molecular weight is 318 g/mol. The number of aliphatic hydroxyl groups excluding tert-OH is 2. The number of aliphatic hydroxyl groups is 2. The molecule has 0 unspecified atom stereocenters. The van der Waals surface area contributed by atoms with E-state index in [-0.39, 0.29) is 29.5 Å². The minimum atomic E-state index is -0.304. The van der Waals surface area contributed by atoms with E-state index in [4.69, 9.17) is 4.74 Å².